The Balaban J connectivity index is 1.05. The molecule has 7 nitrogen and oxygen atoms in total. The van der Waals surface area contributed by atoms with Crippen LogP contribution >= 0.6 is 0 Å². The average molecular weight is 574 g/mol. The van der Waals surface area contributed by atoms with E-state index in [1.54, 1.807) is 18.3 Å². The molecule has 0 bridgehead atoms. The van der Waals surface area contributed by atoms with Gasteiger partial charge in [0, 0.05) is 24.8 Å². The zero-order valence-electron chi connectivity index (χ0n) is 25.5. The SMILES string of the molecule is O=C(NCCCCCCCC1CCC1)c1ccc(N=NCc2ccc(C(=O)NCCCCCC3CCCC3)cc2)nc1. The van der Waals surface area contributed by atoms with Gasteiger partial charge in [0.2, 0.25) is 0 Å². The molecular formula is C35H51N5O2. The first-order valence-electron chi connectivity index (χ1n) is 16.7. The van der Waals surface area contributed by atoms with Crippen LogP contribution in [0.3, 0.4) is 0 Å². The fraction of sp³-hybridized carbons (Fsp3) is 0.629. The number of amides is 2. The highest BCUT2D eigenvalue weighted by Gasteiger charge is 2.16. The van der Waals surface area contributed by atoms with Gasteiger partial charge >= 0.3 is 0 Å². The van der Waals surface area contributed by atoms with Crippen molar-refractivity contribution in [3.05, 3.63) is 59.3 Å². The number of pyridine rings is 1. The first-order chi connectivity index (χ1) is 20.7. The lowest BCUT2D eigenvalue weighted by Gasteiger charge is -2.24. The van der Waals surface area contributed by atoms with Gasteiger partial charge in [-0.15, -0.1) is 5.11 Å². The van der Waals surface area contributed by atoms with Crippen LogP contribution in [0.4, 0.5) is 5.82 Å². The van der Waals surface area contributed by atoms with E-state index < -0.39 is 0 Å². The molecule has 2 amide bonds. The van der Waals surface area contributed by atoms with E-state index in [-0.39, 0.29) is 11.8 Å². The molecular weight excluding hydrogens is 522 g/mol. The van der Waals surface area contributed by atoms with Gasteiger partial charge in [-0.3, -0.25) is 9.59 Å². The van der Waals surface area contributed by atoms with Gasteiger partial charge in [0.05, 0.1) is 12.1 Å². The topological polar surface area (TPSA) is 95.8 Å². The van der Waals surface area contributed by atoms with Gasteiger partial charge in [-0.05, 0) is 54.5 Å². The van der Waals surface area contributed by atoms with E-state index in [1.807, 2.05) is 24.3 Å². The van der Waals surface area contributed by atoms with Crippen molar-refractivity contribution in [1.29, 1.82) is 0 Å². The van der Waals surface area contributed by atoms with Crippen LogP contribution in [0.25, 0.3) is 0 Å². The van der Waals surface area contributed by atoms with Crippen LogP contribution < -0.4 is 10.6 Å². The molecule has 7 heteroatoms. The molecule has 0 atom stereocenters. The van der Waals surface area contributed by atoms with E-state index >= 15 is 0 Å². The van der Waals surface area contributed by atoms with E-state index in [9.17, 15) is 9.59 Å². The first kappa shape index (κ1) is 31.8. The second-order valence-corrected chi connectivity index (χ2v) is 12.4. The number of azo groups is 1. The van der Waals surface area contributed by atoms with Gasteiger partial charge < -0.3 is 10.6 Å². The average Bonchev–Trinajstić information content (AvgIpc) is 3.51. The van der Waals surface area contributed by atoms with Crippen molar-refractivity contribution < 1.29 is 9.59 Å². The van der Waals surface area contributed by atoms with Crippen LogP contribution in [-0.4, -0.2) is 29.9 Å². The number of benzene rings is 1. The Kier molecular flexibility index (Phi) is 14.0. The Morgan fingerprint density at radius 2 is 1.21 bits per heavy atom. The van der Waals surface area contributed by atoms with Gasteiger partial charge in [-0.2, -0.15) is 5.11 Å². The quantitative estimate of drug-likeness (QED) is 0.130. The number of aromatic nitrogens is 1. The number of hydrogen-bond acceptors (Lipinski definition) is 5. The third-order valence-corrected chi connectivity index (χ3v) is 9.00. The van der Waals surface area contributed by atoms with Gasteiger partial charge in [-0.1, -0.05) is 108 Å². The van der Waals surface area contributed by atoms with Crippen LogP contribution in [0.15, 0.2) is 52.8 Å². The van der Waals surface area contributed by atoms with Crippen LogP contribution in [0.2, 0.25) is 0 Å². The van der Waals surface area contributed by atoms with Crippen molar-refractivity contribution in [1.82, 2.24) is 15.6 Å². The van der Waals surface area contributed by atoms with E-state index in [1.165, 1.54) is 96.3 Å². The zero-order valence-corrected chi connectivity index (χ0v) is 25.5. The van der Waals surface area contributed by atoms with E-state index in [0.717, 1.165) is 36.8 Å². The first-order valence-corrected chi connectivity index (χ1v) is 16.7. The highest BCUT2D eigenvalue weighted by Crippen LogP contribution is 2.31. The molecule has 2 N–H and O–H groups in total. The molecule has 42 heavy (non-hydrogen) atoms. The Bertz CT molecular complexity index is 1090. The fourth-order valence-electron chi connectivity index (χ4n) is 6.04. The molecule has 1 aromatic heterocycles. The van der Waals surface area contributed by atoms with Gasteiger partial charge in [-0.25, -0.2) is 4.98 Å². The van der Waals surface area contributed by atoms with Crippen LogP contribution in [0, 0.1) is 11.8 Å². The molecule has 228 valence electrons. The predicted molar refractivity (Wildman–Crippen MR) is 169 cm³/mol. The largest absolute Gasteiger partial charge is 0.352 e. The van der Waals surface area contributed by atoms with E-state index in [2.05, 4.69) is 25.8 Å². The number of nitrogens with one attached hydrogen (secondary N) is 2. The summed E-state index contributed by atoms with van der Waals surface area (Å²) in [5.74, 6) is 2.31. The standard InChI is InChI=1S/C35H51N5O2/c41-34(36-25-10-4-6-13-28-14-7-8-15-28)31-20-18-30(19-21-31)26-39-40-33-23-22-32(27-38-33)35(42)37-24-9-3-1-2-5-12-29-16-11-17-29/h18-23,27-29H,1-17,24-26H2,(H,36,41)(H,37,42). The molecule has 2 aliphatic carbocycles. The second-order valence-electron chi connectivity index (χ2n) is 12.4. The van der Waals surface area contributed by atoms with E-state index in [0.29, 0.717) is 30.0 Å². The Labute approximate surface area is 252 Å². The zero-order chi connectivity index (χ0) is 29.2. The van der Waals surface area contributed by atoms with Crippen molar-refractivity contribution in [2.24, 2.45) is 22.1 Å². The molecule has 2 fully saturated rings. The van der Waals surface area contributed by atoms with Crippen molar-refractivity contribution >= 4 is 17.6 Å². The van der Waals surface area contributed by atoms with Crippen LogP contribution in [0.1, 0.15) is 135 Å². The highest BCUT2D eigenvalue weighted by molar-refractivity contribution is 5.94. The molecule has 4 rings (SSSR count). The maximum absolute atomic E-state index is 12.4. The lowest BCUT2D eigenvalue weighted by Crippen LogP contribution is -2.24. The lowest BCUT2D eigenvalue weighted by atomic mass is 9.82. The smallest absolute Gasteiger partial charge is 0.252 e. The summed E-state index contributed by atoms with van der Waals surface area (Å²) in [5.41, 5.74) is 2.17. The minimum absolute atomic E-state index is 0.0262. The molecule has 0 saturated heterocycles. The number of carbonyl (C=O) groups excluding carboxylic acids is 2. The third-order valence-electron chi connectivity index (χ3n) is 9.00. The predicted octanol–water partition coefficient (Wildman–Crippen LogP) is 8.72. The Morgan fingerprint density at radius 1 is 0.667 bits per heavy atom. The van der Waals surface area contributed by atoms with E-state index in [4.69, 9.17) is 0 Å². The molecule has 2 aromatic rings. The summed E-state index contributed by atoms with van der Waals surface area (Å²) in [4.78, 5) is 29.1. The maximum Gasteiger partial charge on any atom is 0.252 e. The van der Waals surface area contributed by atoms with Crippen molar-refractivity contribution in [2.45, 2.75) is 116 Å². The molecule has 2 aliphatic rings. The summed E-state index contributed by atoms with van der Waals surface area (Å²) in [6.45, 7) is 1.82. The molecule has 0 unspecified atom stereocenters. The minimum atomic E-state index is -0.0978. The minimum Gasteiger partial charge on any atom is -0.352 e. The third kappa shape index (κ3) is 11.7. The molecule has 0 aliphatic heterocycles. The molecule has 0 radical (unpaired) electrons. The highest BCUT2D eigenvalue weighted by atomic mass is 16.2. The molecule has 1 aromatic carbocycles. The molecule has 1 heterocycles. The van der Waals surface area contributed by atoms with Gasteiger partial charge in [0.1, 0.15) is 0 Å². The fourth-order valence-corrected chi connectivity index (χ4v) is 6.04. The van der Waals surface area contributed by atoms with Crippen molar-refractivity contribution in [2.75, 3.05) is 13.1 Å². The van der Waals surface area contributed by atoms with Crippen LogP contribution in [0.5, 0.6) is 0 Å². The Morgan fingerprint density at radius 3 is 1.81 bits per heavy atom. The normalized spacial score (nSPS) is 15.6. The summed E-state index contributed by atoms with van der Waals surface area (Å²) in [5, 5.41) is 14.4. The van der Waals surface area contributed by atoms with Gasteiger partial charge in [0.25, 0.3) is 11.8 Å². The summed E-state index contributed by atoms with van der Waals surface area (Å²) in [6.07, 6.45) is 23.9. The monoisotopic (exact) mass is 573 g/mol. The number of rotatable bonds is 19. The van der Waals surface area contributed by atoms with Gasteiger partial charge in [0.15, 0.2) is 5.82 Å². The molecule has 0 spiro atoms. The number of unbranched alkanes of at least 4 members (excludes halogenated alkanes) is 6. The number of carbonyl (C=O) groups is 2. The van der Waals surface area contributed by atoms with Crippen LogP contribution in [-0.2, 0) is 6.54 Å². The number of hydrogen-bond donors (Lipinski definition) is 2. The summed E-state index contributed by atoms with van der Waals surface area (Å²) >= 11 is 0. The maximum atomic E-state index is 12.4. The lowest BCUT2D eigenvalue weighted by molar-refractivity contribution is 0.0944. The summed E-state index contributed by atoms with van der Waals surface area (Å²) < 4.78 is 0. The Hall–Kier alpha value is -3.09. The van der Waals surface area contributed by atoms with Crippen molar-refractivity contribution in [3.8, 4) is 0 Å². The summed E-state index contributed by atoms with van der Waals surface area (Å²) in [7, 11) is 0. The summed E-state index contributed by atoms with van der Waals surface area (Å²) in [6, 6.07) is 10.9. The molecule has 2 saturated carbocycles. The number of nitrogens with zero attached hydrogens (tertiary/aromatic N) is 3. The van der Waals surface area contributed by atoms with Crippen molar-refractivity contribution in [3.63, 3.8) is 0 Å². The second kappa shape index (κ2) is 18.4.